The molecule has 2 aliphatic rings. The average Bonchev–Trinajstić information content (AvgIpc) is 3.89. The van der Waals surface area contributed by atoms with Gasteiger partial charge >= 0.3 is 0 Å². The summed E-state index contributed by atoms with van der Waals surface area (Å²) in [5.74, 6) is 0.699. The van der Waals surface area contributed by atoms with Gasteiger partial charge in [-0.1, -0.05) is 132 Å². The van der Waals surface area contributed by atoms with E-state index in [0.29, 0.717) is 23.4 Å². The third-order valence-corrected chi connectivity index (χ3v) is 13.6. The topological polar surface area (TPSA) is 128 Å². The van der Waals surface area contributed by atoms with E-state index in [1.807, 2.05) is 37.6 Å². The molecule has 6 heterocycles. The van der Waals surface area contributed by atoms with Crippen molar-refractivity contribution in [3.05, 3.63) is 158 Å². The van der Waals surface area contributed by atoms with Gasteiger partial charge < -0.3 is 21.0 Å². The van der Waals surface area contributed by atoms with Crippen molar-refractivity contribution in [2.45, 2.75) is 79.6 Å². The number of hydrogen-bond donors (Lipinski definition) is 4. The van der Waals surface area contributed by atoms with Crippen LogP contribution in [0.25, 0.3) is 44.3 Å². The molecule has 2 saturated heterocycles. The highest BCUT2D eigenvalue weighted by Crippen LogP contribution is 2.35. The Labute approximate surface area is 416 Å². The molecule has 10 rings (SSSR count). The van der Waals surface area contributed by atoms with Gasteiger partial charge in [0.05, 0.1) is 11.4 Å². The molecule has 67 heavy (non-hydrogen) atoms. The number of aromatic amines is 2. The fourth-order valence-corrected chi connectivity index (χ4v) is 10.7. The summed E-state index contributed by atoms with van der Waals surface area (Å²) in [5.41, 5.74) is 17.6. The predicted molar refractivity (Wildman–Crippen MR) is 284 cm³/mol. The van der Waals surface area contributed by atoms with Gasteiger partial charge in [0, 0.05) is 118 Å². The number of halogens is 3. The fourth-order valence-electron chi connectivity index (χ4n) is 9.89. The molecule has 0 saturated carbocycles. The van der Waals surface area contributed by atoms with Gasteiger partial charge in [-0.25, -0.2) is 19.9 Å². The van der Waals surface area contributed by atoms with Crippen LogP contribution in [0.3, 0.4) is 0 Å². The number of likely N-dealkylation sites (tertiary alicyclic amines) is 2. The van der Waals surface area contributed by atoms with Crippen molar-refractivity contribution in [3.63, 3.8) is 0 Å². The molecule has 2 fully saturated rings. The summed E-state index contributed by atoms with van der Waals surface area (Å²) in [4.78, 5) is 29.5. The van der Waals surface area contributed by atoms with Crippen LogP contribution in [0.5, 0.6) is 0 Å². The van der Waals surface area contributed by atoms with Gasteiger partial charge in [0.2, 0.25) is 11.2 Å². The van der Waals surface area contributed by atoms with Crippen molar-refractivity contribution in [2.75, 3.05) is 31.5 Å². The van der Waals surface area contributed by atoms with Crippen LogP contribution in [0.2, 0.25) is 5.28 Å². The lowest BCUT2D eigenvalue weighted by Crippen LogP contribution is -2.49. The van der Waals surface area contributed by atoms with Crippen LogP contribution in [0.15, 0.2) is 131 Å². The molecule has 4 aromatic heterocycles. The number of H-pyrrole nitrogens is 2. The van der Waals surface area contributed by atoms with Crippen molar-refractivity contribution in [1.82, 2.24) is 39.7 Å². The van der Waals surface area contributed by atoms with E-state index in [1.54, 1.807) is 6.20 Å². The third-order valence-electron chi connectivity index (χ3n) is 12.4. The first-order valence-corrected chi connectivity index (χ1v) is 24.9. The van der Waals surface area contributed by atoms with E-state index in [0.717, 1.165) is 111 Å². The van der Waals surface area contributed by atoms with Gasteiger partial charge in [-0.3, -0.25) is 9.80 Å². The minimum Gasteiger partial charge on any atom is -0.360 e. The zero-order valence-corrected chi connectivity index (χ0v) is 43.2. The van der Waals surface area contributed by atoms with Gasteiger partial charge in [0.1, 0.15) is 0 Å². The molecule has 13 heteroatoms. The van der Waals surface area contributed by atoms with Crippen LogP contribution >= 0.6 is 43.5 Å². The molecule has 2 aliphatic heterocycles. The minimum absolute atomic E-state index is 0.225. The maximum Gasteiger partial charge on any atom is 0.223 e. The molecule has 10 nitrogen and oxygen atoms in total. The lowest BCUT2D eigenvalue weighted by atomic mass is 9.81. The van der Waals surface area contributed by atoms with Gasteiger partial charge in [-0.2, -0.15) is 0 Å². The van der Waals surface area contributed by atoms with Crippen LogP contribution in [-0.2, 0) is 13.1 Å². The van der Waals surface area contributed by atoms with Crippen molar-refractivity contribution in [2.24, 2.45) is 16.6 Å². The van der Waals surface area contributed by atoms with E-state index in [9.17, 15) is 0 Å². The summed E-state index contributed by atoms with van der Waals surface area (Å²) in [7, 11) is 0. The smallest absolute Gasteiger partial charge is 0.223 e. The van der Waals surface area contributed by atoms with Gasteiger partial charge in [0.25, 0.3) is 0 Å². The number of piperidine rings is 2. The van der Waals surface area contributed by atoms with E-state index in [4.69, 9.17) is 22.3 Å². The molecule has 5 N–H and O–H groups in total. The number of fused-ring (bicyclic) bond motifs is 2. The number of aryl methyl sites for hydroxylation is 2. The Balaban J connectivity index is 0.000000150. The molecule has 0 unspecified atom stereocenters. The monoisotopic (exact) mass is 1040 g/mol. The van der Waals surface area contributed by atoms with Crippen LogP contribution < -0.4 is 11.1 Å². The molecule has 4 aromatic carbocycles. The first-order chi connectivity index (χ1) is 32.1. The predicted octanol–water partition coefficient (Wildman–Crippen LogP) is 13.0. The normalized spacial score (nSPS) is 18.2. The van der Waals surface area contributed by atoms with Crippen molar-refractivity contribution >= 4 is 71.2 Å². The summed E-state index contributed by atoms with van der Waals surface area (Å²) in [6, 6.07) is 34.4. The van der Waals surface area contributed by atoms with Gasteiger partial charge in [-0.05, 0) is 95.6 Å². The highest BCUT2D eigenvalue weighted by molar-refractivity contribution is 9.10. The molecule has 0 bridgehead atoms. The molecule has 0 amide bonds. The van der Waals surface area contributed by atoms with Crippen LogP contribution in [0, 0.1) is 24.7 Å². The Morgan fingerprint density at radius 1 is 0.672 bits per heavy atom. The molecular formula is C54H61Br2ClN10. The Morgan fingerprint density at radius 2 is 1.16 bits per heavy atom. The molecule has 0 aliphatic carbocycles. The number of hydrogen-bond acceptors (Lipinski definition) is 8. The van der Waals surface area contributed by atoms with E-state index in [-0.39, 0.29) is 10.7 Å². The van der Waals surface area contributed by atoms with E-state index < -0.39 is 0 Å². The lowest BCUT2D eigenvalue weighted by molar-refractivity contribution is 0.0960. The second-order valence-electron chi connectivity index (χ2n) is 19.8. The highest BCUT2D eigenvalue weighted by Gasteiger charge is 2.33. The Bertz CT molecular complexity index is 2920. The first-order valence-electron chi connectivity index (χ1n) is 23.0. The number of nitrogens with two attached hydrogens (primary N) is 1. The van der Waals surface area contributed by atoms with E-state index in [2.05, 4.69) is 191 Å². The summed E-state index contributed by atoms with van der Waals surface area (Å²) in [5, 5.41) is 6.21. The molecule has 8 aromatic rings. The van der Waals surface area contributed by atoms with Crippen LogP contribution in [0.4, 0.5) is 5.95 Å². The minimum atomic E-state index is 0.225. The maximum atomic E-state index is 6.11. The largest absolute Gasteiger partial charge is 0.360 e. The van der Waals surface area contributed by atoms with Gasteiger partial charge in [0.15, 0.2) is 0 Å². The first kappa shape index (κ1) is 48.5. The van der Waals surface area contributed by atoms with Crippen LogP contribution in [-0.4, -0.2) is 78.0 Å². The van der Waals surface area contributed by atoms with Crippen molar-refractivity contribution < 1.29 is 0 Å². The van der Waals surface area contributed by atoms with Crippen molar-refractivity contribution in [3.8, 4) is 22.5 Å². The Hall–Kier alpha value is -4.95. The standard InChI is InChI=1S/C27H30BrN5.C14H22N2.C13H9BrClN3/c1-18-13-30-26(32-25(18)23-14-29-24-11-20(28)9-10-22(23)24)31-21-12-27(2,3)17-33(16-21)15-19-7-5-4-6-8-19;1-14(2)8-13(15)10-16(11-14)9-12-6-4-3-5-7-12;1-7-5-17-13(15)18-12(7)10-6-16-11-4-8(14)2-3-9(10)11/h4-11,13-14,21,29H,12,15-17H2,1-3H3,(H,30,31,32);3-7,13H,8-11,15H2,1-2H3;2-6,16H,1H3/t21-;13-;/m00./s1. The maximum absolute atomic E-state index is 6.11. The summed E-state index contributed by atoms with van der Waals surface area (Å²) in [6.07, 6.45) is 9.88. The Kier molecular flexibility index (Phi) is 15.3. The number of nitrogens with one attached hydrogen (secondary N) is 3. The molecule has 348 valence electrons. The number of rotatable bonds is 8. The quantitative estimate of drug-likeness (QED) is 0.111. The zero-order chi connectivity index (χ0) is 47.3. The summed E-state index contributed by atoms with van der Waals surface area (Å²) in [6.45, 7) is 19.6. The number of benzene rings is 4. The van der Waals surface area contributed by atoms with E-state index >= 15 is 0 Å². The van der Waals surface area contributed by atoms with Gasteiger partial charge in [-0.15, -0.1) is 0 Å². The molecular weight excluding hydrogens is 984 g/mol. The second-order valence-corrected chi connectivity index (χ2v) is 22.0. The van der Waals surface area contributed by atoms with E-state index in [1.165, 1.54) is 16.5 Å². The summed E-state index contributed by atoms with van der Waals surface area (Å²) >= 11 is 12.9. The SMILES string of the molecule is CC1(C)C[C@H](N)CN(Cc2ccccc2)C1.Cc1cnc(Cl)nc1-c1c[nH]c2cc(Br)ccc12.Cc1cnc(N[C@@H]2CN(Cc3ccccc3)CC(C)(C)C2)nc1-c1c[nH]c2cc(Br)ccc12. The summed E-state index contributed by atoms with van der Waals surface area (Å²) < 4.78 is 2.10. The lowest BCUT2D eigenvalue weighted by Gasteiger charge is -2.42. The molecule has 0 radical (unpaired) electrons. The van der Waals surface area contributed by atoms with Crippen molar-refractivity contribution in [1.29, 1.82) is 0 Å². The number of aromatic nitrogens is 6. The second kappa shape index (κ2) is 21.1. The zero-order valence-electron chi connectivity index (χ0n) is 39.3. The number of nitrogens with zero attached hydrogens (tertiary/aromatic N) is 6. The fraction of sp³-hybridized carbons (Fsp3) is 0.333. The van der Waals surface area contributed by atoms with Crippen LogP contribution in [0.1, 0.15) is 62.8 Å². The number of anilines is 1. The highest BCUT2D eigenvalue weighted by atomic mass is 79.9. The Morgan fingerprint density at radius 3 is 1.70 bits per heavy atom. The molecule has 0 spiro atoms. The molecule has 2 atom stereocenters. The average molecular weight is 1050 g/mol. The third kappa shape index (κ3) is 12.8.